The van der Waals surface area contributed by atoms with Crippen LogP contribution in [0, 0.1) is 6.92 Å². The number of nitrogens with zero attached hydrogens (tertiary/aromatic N) is 1. The maximum Gasteiger partial charge on any atom is 0.315 e. The lowest BCUT2D eigenvalue weighted by molar-refractivity contribution is 0.237. The van der Waals surface area contributed by atoms with E-state index in [9.17, 15) is 4.79 Å². The predicted molar refractivity (Wildman–Crippen MR) is 105 cm³/mol. The Balaban J connectivity index is 1.53. The lowest BCUT2D eigenvalue weighted by Crippen LogP contribution is -2.43. The molecule has 6 heteroatoms. The third kappa shape index (κ3) is 4.61. The molecule has 0 radical (unpaired) electrons. The first-order valence-corrected chi connectivity index (χ1v) is 9.11. The third-order valence-electron chi connectivity index (χ3n) is 4.54. The highest BCUT2D eigenvalue weighted by atomic mass is 35.5. The maximum absolute atomic E-state index is 12.2. The molecule has 1 unspecified atom stereocenters. The molecule has 1 atom stereocenters. The zero-order valence-electron chi connectivity index (χ0n) is 15.1. The van der Waals surface area contributed by atoms with Crippen molar-refractivity contribution in [1.29, 1.82) is 0 Å². The topological polar surface area (TPSA) is 53.6 Å². The highest BCUT2D eigenvalue weighted by Crippen LogP contribution is 2.33. The number of ether oxygens (including phenoxy) is 1. The smallest absolute Gasteiger partial charge is 0.315 e. The van der Waals surface area contributed by atoms with E-state index < -0.39 is 0 Å². The van der Waals surface area contributed by atoms with Crippen molar-refractivity contribution >= 4 is 23.3 Å². The lowest BCUT2D eigenvalue weighted by atomic mass is 10.1. The Labute approximate surface area is 159 Å². The molecule has 5 nitrogen and oxygen atoms in total. The number of nitrogens with one attached hydrogen (secondary N) is 2. The third-order valence-corrected chi connectivity index (χ3v) is 4.78. The van der Waals surface area contributed by atoms with E-state index in [2.05, 4.69) is 21.6 Å². The summed E-state index contributed by atoms with van der Waals surface area (Å²) in [4.78, 5) is 14.4. The molecule has 0 bridgehead atoms. The molecule has 26 heavy (non-hydrogen) atoms. The first-order chi connectivity index (χ1) is 12.5. The molecule has 2 aromatic rings. The highest BCUT2D eigenvalue weighted by molar-refractivity contribution is 6.30. The van der Waals surface area contributed by atoms with Crippen LogP contribution in [0.2, 0.25) is 5.02 Å². The Bertz CT molecular complexity index is 781. The number of hydrogen-bond donors (Lipinski definition) is 2. The molecule has 2 aromatic carbocycles. The van der Waals surface area contributed by atoms with Crippen molar-refractivity contribution in [2.75, 3.05) is 25.1 Å². The standard InChI is InChI=1S/C20H24ClN3O2/c1-14-4-3-5-15(10-14)12-22-20(25)23-17-8-9-24(13-17)18-11-16(21)6-7-19(18)26-2/h3-7,10-11,17H,8-9,12-13H2,1-2H3,(H2,22,23,25). The zero-order chi connectivity index (χ0) is 18.5. The normalized spacial score (nSPS) is 16.4. The van der Waals surface area contributed by atoms with Crippen molar-refractivity contribution < 1.29 is 9.53 Å². The molecule has 138 valence electrons. The van der Waals surface area contributed by atoms with Gasteiger partial charge in [0.25, 0.3) is 0 Å². The summed E-state index contributed by atoms with van der Waals surface area (Å²) in [6, 6.07) is 13.7. The summed E-state index contributed by atoms with van der Waals surface area (Å²) < 4.78 is 5.43. The molecule has 0 spiro atoms. The van der Waals surface area contributed by atoms with Crippen molar-refractivity contribution in [1.82, 2.24) is 10.6 Å². The van der Waals surface area contributed by atoms with E-state index in [1.54, 1.807) is 7.11 Å². The van der Waals surface area contributed by atoms with Gasteiger partial charge in [0.2, 0.25) is 0 Å². The number of carbonyl (C=O) groups is 1. The maximum atomic E-state index is 12.2. The highest BCUT2D eigenvalue weighted by Gasteiger charge is 2.26. The molecule has 2 amide bonds. The number of aryl methyl sites for hydroxylation is 1. The number of urea groups is 1. The second-order valence-electron chi connectivity index (χ2n) is 6.56. The summed E-state index contributed by atoms with van der Waals surface area (Å²) in [5.41, 5.74) is 3.24. The van der Waals surface area contributed by atoms with Gasteiger partial charge in [-0.05, 0) is 37.1 Å². The van der Waals surface area contributed by atoms with Gasteiger partial charge >= 0.3 is 6.03 Å². The SMILES string of the molecule is COc1ccc(Cl)cc1N1CCC(NC(=O)NCc2cccc(C)c2)C1. The number of halogens is 1. The molecular formula is C20H24ClN3O2. The number of anilines is 1. The molecule has 0 saturated carbocycles. The van der Waals surface area contributed by atoms with Crippen LogP contribution in [0.3, 0.4) is 0 Å². The van der Waals surface area contributed by atoms with E-state index in [1.807, 2.05) is 43.3 Å². The predicted octanol–water partition coefficient (Wildman–Crippen LogP) is 3.74. The van der Waals surface area contributed by atoms with E-state index in [0.29, 0.717) is 11.6 Å². The molecular weight excluding hydrogens is 350 g/mol. The Morgan fingerprint density at radius 1 is 1.31 bits per heavy atom. The van der Waals surface area contributed by atoms with Crippen LogP contribution in [0.25, 0.3) is 0 Å². The molecule has 3 rings (SSSR count). The van der Waals surface area contributed by atoms with Gasteiger partial charge < -0.3 is 20.3 Å². The van der Waals surface area contributed by atoms with Gasteiger partial charge in [0, 0.05) is 30.7 Å². The van der Waals surface area contributed by atoms with Crippen molar-refractivity contribution in [2.45, 2.75) is 25.9 Å². The number of rotatable bonds is 5. The number of carbonyl (C=O) groups excluding carboxylic acids is 1. The number of methoxy groups -OCH3 is 1. The van der Waals surface area contributed by atoms with Crippen molar-refractivity contribution in [3.63, 3.8) is 0 Å². The average Bonchev–Trinajstić information content (AvgIpc) is 3.08. The van der Waals surface area contributed by atoms with Crippen LogP contribution in [0.4, 0.5) is 10.5 Å². The van der Waals surface area contributed by atoms with Gasteiger partial charge in [0.05, 0.1) is 12.8 Å². The Kier molecular flexibility index (Phi) is 5.89. The van der Waals surface area contributed by atoms with Gasteiger partial charge in [-0.2, -0.15) is 0 Å². The van der Waals surface area contributed by atoms with E-state index in [0.717, 1.165) is 36.5 Å². The van der Waals surface area contributed by atoms with Gasteiger partial charge in [0.15, 0.2) is 0 Å². The van der Waals surface area contributed by atoms with Crippen LogP contribution in [0.5, 0.6) is 5.75 Å². The quantitative estimate of drug-likeness (QED) is 0.839. The van der Waals surface area contributed by atoms with Crippen LogP contribution in [-0.4, -0.2) is 32.3 Å². The largest absolute Gasteiger partial charge is 0.495 e. The van der Waals surface area contributed by atoms with Crippen LogP contribution in [0.15, 0.2) is 42.5 Å². The first kappa shape index (κ1) is 18.4. The molecule has 0 aromatic heterocycles. The second kappa shape index (κ2) is 8.32. The Morgan fingerprint density at radius 3 is 2.92 bits per heavy atom. The monoisotopic (exact) mass is 373 g/mol. The summed E-state index contributed by atoms with van der Waals surface area (Å²) in [7, 11) is 1.65. The van der Waals surface area contributed by atoms with E-state index in [1.165, 1.54) is 5.56 Å². The summed E-state index contributed by atoms with van der Waals surface area (Å²) in [5.74, 6) is 0.791. The molecule has 1 aliphatic rings. The average molecular weight is 374 g/mol. The molecule has 2 N–H and O–H groups in total. The molecule has 1 heterocycles. The van der Waals surface area contributed by atoms with E-state index in [-0.39, 0.29) is 12.1 Å². The minimum absolute atomic E-state index is 0.0937. The van der Waals surface area contributed by atoms with Crippen LogP contribution in [0.1, 0.15) is 17.5 Å². The second-order valence-corrected chi connectivity index (χ2v) is 7.00. The molecule has 0 aliphatic carbocycles. The number of hydrogen-bond acceptors (Lipinski definition) is 3. The van der Waals surface area contributed by atoms with Crippen molar-refractivity contribution in [2.24, 2.45) is 0 Å². The van der Waals surface area contributed by atoms with Gasteiger partial charge in [-0.3, -0.25) is 0 Å². The lowest BCUT2D eigenvalue weighted by Gasteiger charge is -2.22. The van der Waals surface area contributed by atoms with E-state index in [4.69, 9.17) is 16.3 Å². The first-order valence-electron chi connectivity index (χ1n) is 8.73. The fraction of sp³-hybridized carbons (Fsp3) is 0.350. The fourth-order valence-electron chi connectivity index (χ4n) is 3.25. The zero-order valence-corrected chi connectivity index (χ0v) is 15.8. The van der Waals surface area contributed by atoms with Crippen molar-refractivity contribution in [3.05, 3.63) is 58.6 Å². The van der Waals surface area contributed by atoms with E-state index >= 15 is 0 Å². The van der Waals surface area contributed by atoms with Gasteiger partial charge in [-0.15, -0.1) is 0 Å². The van der Waals surface area contributed by atoms with Crippen LogP contribution >= 0.6 is 11.6 Å². The fourth-order valence-corrected chi connectivity index (χ4v) is 3.41. The Morgan fingerprint density at radius 2 is 2.15 bits per heavy atom. The Hall–Kier alpha value is -2.40. The minimum atomic E-state index is -0.142. The number of amides is 2. The van der Waals surface area contributed by atoms with Gasteiger partial charge in [-0.25, -0.2) is 4.79 Å². The van der Waals surface area contributed by atoms with Crippen LogP contribution < -0.4 is 20.3 Å². The van der Waals surface area contributed by atoms with Gasteiger partial charge in [-0.1, -0.05) is 41.4 Å². The summed E-state index contributed by atoms with van der Waals surface area (Å²) in [6.07, 6.45) is 0.882. The molecule has 1 saturated heterocycles. The summed E-state index contributed by atoms with van der Waals surface area (Å²) in [6.45, 7) is 4.14. The van der Waals surface area contributed by atoms with Crippen molar-refractivity contribution in [3.8, 4) is 5.75 Å². The number of benzene rings is 2. The van der Waals surface area contributed by atoms with Gasteiger partial charge in [0.1, 0.15) is 5.75 Å². The molecule has 1 fully saturated rings. The summed E-state index contributed by atoms with van der Waals surface area (Å²) >= 11 is 6.12. The molecule has 1 aliphatic heterocycles. The summed E-state index contributed by atoms with van der Waals surface area (Å²) in [5, 5.41) is 6.65. The van der Waals surface area contributed by atoms with Crippen LogP contribution in [-0.2, 0) is 6.54 Å². The minimum Gasteiger partial charge on any atom is -0.495 e.